The number of pyridine rings is 1. The SMILES string of the molecule is Cc1ccnc2[nH]cc(CC(C)(C)C)c12. The van der Waals surface area contributed by atoms with Gasteiger partial charge in [-0.05, 0) is 36.0 Å². The fourth-order valence-corrected chi connectivity index (χ4v) is 2.01. The third-order valence-corrected chi connectivity index (χ3v) is 2.58. The molecule has 0 aliphatic carbocycles. The van der Waals surface area contributed by atoms with E-state index in [9.17, 15) is 0 Å². The minimum atomic E-state index is 0.317. The van der Waals surface area contributed by atoms with Crippen molar-refractivity contribution in [3.05, 3.63) is 29.6 Å². The van der Waals surface area contributed by atoms with Crippen molar-refractivity contribution in [1.29, 1.82) is 0 Å². The maximum absolute atomic E-state index is 4.34. The molecule has 0 aliphatic heterocycles. The number of H-pyrrole nitrogens is 1. The molecule has 0 saturated heterocycles. The summed E-state index contributed by atoms with van der Waals surface area (Å²) in [5.74, 6) is 0. The molecule has 2 aromatic heterocycles. The molecule has 0 spiro atoms. The molecule has 2 heteroatoms. The molecule has 0 saturated carbocycles. The number of fused-ring (bicyclic) bond motifs is 1. The van der Waals surface area contributed by atoms with Crippen LogP contribution in [0.25, 0.3) is 11.0 Å². The van der Waals surface area contributed by atoms with E-state index in [0.717, 1.165) is 12.1 Å². The third-order valence-electron chi connectivity index (χ3n) is 2.58. The first-order valence-corrected chi connectivity index (χ1v) is 5.39. The Morgan fingerprint density at radius 3 is 2.73 bits per heavy atom. The minimum absolute atomic E-state index is 0.317. The molecule has 15 heavy (non-hydrogen) atoms. The van der Waals surface area contributed by atoms with Crippen molar-refractivity contribution in [2.24, 2.45) is 5.41 Å². The normalized spacial score (nSPS) is 12.3. The highest BCUT2D eigenvalue weighted by Crippen LogP contribution is 2.27. The zero-order chi connectivity index (χ0) is 11.1. The molecule has 0 atom stereocenters. The smallest absolute Gasteiger partial charge is 0.137 e. The Balaban J connectivity index is 2.53. The van der Waals surface area contributed by atoms with Crippen LogP contribution < -0.4 is 0 Å². The van der Waals surface area contributed by atoms with Gasteiger partial charge in [-0.15, -0.1) is 0 Å². The molecule has 2 nitrogen and oxygen atoms in total. The highest BCUT2D eigenvalue weighted by Gasteiger charge is 2.15. The van der Waals surface area contributed by atoms with Gasteiger partial charge in [0.25, 0.3) is 0 Å². The molecule has 0 aliphatic rings. The van der Waals surface area contributed by atoms with E-state index in [1.165, 1.54) is 16.5 Å². The predicted octanol–water partition coefficient (Wildman–Crippen LogP) is 3.46. The summed E-state index contributed by atoms with van der Waals surface area (Å²) in [6, 6.07) is 2.07. The number of nitrogens with zero attached hydrogens (tertiary/aromatic N) is 1. The van der Waals surface area contributed by atoms with Crippen molar-refractivity contribution >= 4 is 11.0 Å². The number of hydrogen-bond acceptors (Lipinski definition) is 1. The van der Waals surface area contributed by atoms with Crippen molar-refractivity contribution in [2.75, 3.05) is 0 Å². The van der Waals surface area contributed by atoms with Gasteiger partial charge in [-0.3, -0.25) is 0 Å². The lowest BCUT2D eigenvalue weighted by molar-refractivity contribution is 0.412. The lowest BCUT2D eigenvalue weighted by Gasteiger charge is -2.17. The first kappa shape index (κ1) is 10.2. The molecule has 2 rings (SSSR count). The van der Waals surface area contributed by atoms with Crippen LogP contribution in [-0.4, -0.2) is 9.97 Å². The molecular weight excluding hydrogens is 184 g/mol. The van der Waals surface area contributed by atoms with Gasteiger partial charge in [0, 0.05) is 17.8 Å². The second kappa shape index (κ2) is 3.37. The number of hydrogen-bond donors (Lipinski definition) is 1. The number of nitrogens with one attached hydrogen (secondary N) is 1. The summed E-state index contributed by atoms with van der Waals surface area (Å²) in [5, 5.41) is 1.30. The summed E-state index contributed by atoms with van der Waals surface area (Å²) >= 11 is 0. The van der Waals surface area contributed by atoms with Crippen molar-refractivity contribution in [3.8, 4) is 0 Å². The predicted molar refractivity (Wildman–Crippen MR) is 64.0 cm³/mol. The zero-order valence-electron chi connectivity index (χ0n) is 9.89. The molecule has 0 bridgehead atoms. The van der Waals surface area contributed by atoms with E-state index in [2.05, 4.69) is 49.9 Å². The van der Waals surface area contributed by atoms with E-state index in [-0.39, 0.29) is 0 Å². The van der Waals surface area contributed by atoms with E-state index in [1.54, 1.807) is 0 Å². The highest BCUT2D eigenvalue weighted by molar-refractivity contribution is 5.83. The Bertz CT molecular complexity index is 475. The van der Waals surface area contributed by atoms with Gasteiger partial charge in [-0.1, -0.05) is 20.8 Å². The lowest BCUT2D eigenvalue weighted by Crippen LogP contribution is -2.08. The summed E-state index contributed by atoms with van der Waals surface area (Å²) in [6.45, 7) is 8.93. The van der Waals surface area contributed by atoms with Crippen LogP contribution >= 0.6 is 0 Å². The van der Waals surface area contributed by atoms with E-state index >= 15 is 0 Å². The standard InChI is InChI=1S/C13H18N2/c1-9-5-6-14-12-11(9)10(8-15-12)7-13(2,3)4/h5-6,8H,7H2,1-4H3,(H,14,15). The van der Waals surface area contributed by atoms with E-state index in [0.29, 0.717) is 5.41 Å². The van der Waals surface area contributed by atoms with Crippen molar-refractivity contribution in [2.45, 2.75) is 34.1 Å². The number of aromatic nitrogens is 2. The largest absolute Gasteiger partial charge is 0.346 e. The fourth-order valence-electron chi connectivity index (χ4n) is 2.01. The Morgan fingerprint density at radius 2 is 2.07 bits per heavy atom. The van der Waals surface area contributed by atoms with Crippen molar-refractivity contribution in [1.82, 2.24) is 9.97 Å². The summed E-state index contributed by atoms with van der Waals surface area (Å²) in [4.78, 5) is 7.58. The second-order valence-corrected chi connectivity index (χ2v) is 5.40. The van der Waals surface area contributed by atoms with Gasteiger partial charge in [0.05, 0.1) is 0 Å². The van der Waals surface area contributed by atoms with Crippen LogP contribution in [0.4, 0.5) is 0 Å². The van der Waals surface area contributed by atoms with Crippen LogP contribution in [0, 0.1) is 12.3 Å². The Hall–Kier alpha value is -1.31. The molecule has 2 aromatic rings. The molecule has 0 unspecified atom stereocenters. The van der Waals surface area contributed by atoms with Crippen LogP contribution in [0.15, 0.2) is 18.5 Å². The number of aryl methyl sites for hydroxylation is 1. The van der Waals surface area contributed by atoms with E-state index < -0.39 is 0 Å². The molecule has 80 valence electrons. The molecule has 0 fully saturated rings. The highest BCUT2D eigenvalue weighted by atomic mass is 14.8. The first-order chi connectivity index (χ1) is 6.97. The summed E-state index contributed by atoms with van der Waals surface area (Å²) in [5.41, 5.74) is 4.01. The van der Waals surface area contributed by atoms with Crippen LogP contribution in [0.3, 0.4) is 0 Å². The summed E-state index contributed by atoms with van der Waals surface area (Å²) in [6.07, 6.45) is 5.03. The van der Waals surface area contributed by atoms with Gasteiger partial charge in [0.1, 0.15) is 5.65 Å². The summed E-state index contributed by atoms with van der Waals surface area (Å²) in [7, 11) is 0. The van der Waals surface area contributed by atoms with Gasteiger partial charge in [-0.2, -0.15) is 0 Å². The number of aromatic amines is 1. The van der Waals surface area contributed by atoms with Gasteiger partial charge < -0.3 is 4.98 Å². The first-order valence-electron chi connectivity index (χ1n) is 5.39. The van der Waals surface area contributed by atoms with Crippen LogP contribution in [0.1, 0.15) is 31.9 Å². The van der Waals surface area contributed by atoms with Gasteiger partial charge >= 0.3 is 0 Å². The molecule has 1 N–H and O–H groups in total. The topological polar surface area (TPSA) is 28.7 Å². The van der Waals surface area contributed by atoms with Crippen molar-refractivity contribution in [3.63, 3.8) is 0 Å². The van der Waals surface area contributed by atoms with Crippen LogP contribution in [-0.2, 0) is 6.42 Å². The lowest BCUT2D eigenvalue weighted by atomic mass is 9.88. The Morgan fingerprint density at radius 1 is 1.33 bits per heavy atom. The zero-order valence-corrected chi connectivity index (χ0v) is 9.89. The van der Waals surface area contributed by atoms with Gasteiger partial charge in [0.15, 0.2) is 0 Å². The van der Waals surface area contributed by atoms with Gasteiger partial charge in [-0.25, -0.2) is 4.98 Å². The molecular formula is C13H18N2. The Labute approximate surface area is 90.7 Å². The Kier molecular flexibility index (Phi) is 2.29. The molecule has 0 amide bonds. The minimum Gasteiger partial charge on any atom is -0.346 e. The monoisotopic (exact) mass is 202 g/mol. The third kappa shape index (κ3) is 2.04. The van der Waals surface area contributed by atoms with Crippen molar-refractivity contribution < 1.29 is 0 Å². The second-order valence-electron chi connectivity index (χ2n) is 5.40. The average molecular weight is 202 g/mol. The average Bonchev–Trinajstić information content (AvgIpc) is 2.47. The maximum Gasteiger partial charge on any atom is 0.137 e. The van der Waals surface area contributed by atoms with E-state index in [4.69, 9.17) is 0 Å². The summed E-state index contributed by atoms with van der Waals surface area (Å²) < 4.78 is 0. The number of rotatable bonds is 1. The van der Waals surface area contributed by atoms with Crippen LogP contribution in [0.2, 0.25) is 0 Å². The molecule has 0 aromatic carbocycles. The molecule has 2 heterocycles. The van der Waals surface area contributed by atoms with Crippen LogP contribution in [0.5, 0.6) is 0 Å². The quantitative estimate of drug-likeness (QED) is 0.753. The fraction of sp³-hybridized carbons (Fsp3) is 0.462. The molecule has 0 radical (unpaired) electrons. The maximum atomic E-state index is 4.34. The van der Waals surface area contributed by atoms with E-state index in [1.807, 2.05) is 6.20 Å². The van der Waals surface area contributed by atoms with Gasteiger partial charge in [0.2, 0.25) is 0 Å².